The highest BCUT2D eigenvalue weighted by Gasteiger charge is 2.58. The maximum Gasteiger partial charge on any atom is 0.311 e. The van der Waals surface area contributed by atoms with Crippen molar-refractivity contribution in [2.24, 2.45) is 21.7 Å². The number of ketones is 1. The molecule has 280 valence electrons. The van der Waals surface area contributed by atoms with Crippen LogP contribution in [0.1, 0.15) is 108 Å². The molecular formula is C38H56BrNO10. The van der Waals surface area contributed by atoms with E-state index in [1.54, 1.807) is 83.1 Å². The summed E-state index contributed by atoms with van der Waals surface area (Å²) in [7, 11) is 0. The normalized spacial score (nSPS) is 28.4. The lowest BCUT2D eigenvalue weighted by Crippen LogP contribution is -2.69. The monoisotopic (exact) mass is 765 g/mol. The number of halogens is 1. The number of carbonyl (C=O) groups excluding carboxylic acids is 5. The molecule has 0 radical (unpaired) electrons. The minimum absolute atomic E-state index is 0.0231. The van der Waals surface area contributed by atoms with Gasteiger partial charge in [-0.2, -0.15) is 0 Å². The van der Waals surface area contributed by atoms with Gasteiger partial charge in [0.05, 0.1) is 26.5 Å². The molecule has 2 fully saturated rings. The van der Waals surface area contributed by atoms with Gasteiger partial charge >= 0.3 is 23.9 Å². The van der Waals surface area contributed by atoms with Crippen molar-refractivity contribution in [2.75, 3.05) is 6.61 Å². The Hall–Kier alpha value is -2.83. The van der Waals surface area contributed by atoms with Crippen LogP contribution in [-0.4, -0.2) is 82.7 Å². The minimum Gasteiger partial charge on any atom is -0.462 e. The van der Waals surface area contributed by atoms with Crippen LogP contribution in [0.15, 0.2) is 30.3 Å². The molecule has 50 heavy (non-hydrogen) atoms. The molecule has 0 spiro atoms. The number of rotatable bonds is 7. The molecule has 2 aliphatic rings. The molecule has 0 aromatic heterocycles. The molecular weight excluding hydrogens is 710 g/mol. The Morgan fingerprint density at radius 2 is 1.16 bits per heavy atom. The van der Waals surface area contributed by atoms with Crippen molar-refractivity contribution in [3.8, 4) is 0 Å². The molecule has 3 rings (SSSR count). The lowest BCUT2D eigenvalue weighted by molar-refractivity contribution is -0.293. The Morgan fingerprint density at radius 1 is 0.720 bits per heavy atom. The Bertz CT molecular complexity index is 1400. The van der Waals surface area contributed by atoms with Gasteiger partial charge in [-0.1, -0.05) is 46.3 Å². The SMILES string of the molecule is C[C@H]1[C@H](Br)C(=O)C[C@@H](c2ccccc2)N1[C@@H]1O[C@H](COC(=O)C(C)(C)C)[C@H](OC(=O)C(C)(C)C)[C@H](OC(=O)C(C)(C)C)[C@H]1OC(=O)C(C)(C)C. The zero-order chi connectivity index (χ0) is 38.1. The van der Waals surface area contributed by atoms with Gasteiger partial charge in [-0.3, -0.25) is 28.9 Å². The maximum atomic E-state index is 13.8. The molecule has 0 aliphatic carbocycles. The molecule has 2 saturated heterocycles. The average Bonchev–Trinajstić information content (AvgIpc) is 2.99. The van der Waals surface area contributed by atoms with Crippen LogP contribution in [0.3, 0.4) is 0 Å². The van der Waals surface area contributed by atoms with Crippen LogP contribution < -0.4 is 0 Å². The van der Waals surface area contributed by atoms with Gasteiger partial charge in [-0.05, 0) is 95.6 Å². The van der Waals surface area contributed by atoms with Crippen LogP contribution in [0.4, 0.5) is 0 Å². The first-order valence-electron chi connectivity index (χ1n) is 17.2. The topological polar surface area (TPSA) is 135 Å². The minimum atomic E-state index is -1.40. The zero-order valence-corrected chi connectivity index (χ0v) is 33.4. The molecule has 1 aromatic rings. The summed E-state index contributed by atoms with van der Waals surface area (Å²) in [5.74, 6) is -2.43. The fraction of sp³-hybridized carbons (Fsp3) is 0.711. The molecule has 8 atom stereocenters. The molecule has 0 amide bonds. The number of ether oxygens (including phenoxy) is 5. The molecule has 1 aromatic carbocycles. The van der Waals surface area contributed by atoms with Crippen LogP contribution in [0.2, 0.25) is 0 Å². The van der Waals surface area contributed by atoms with Crippen molar-refractivity contribution < 1.29 is 47.7 Å². The number of piperidine rings is 1. The van der Waals surface area contributed by atoms with Gasteiger partial charge in [0.1, 0.15) is 18.5 Å². The number of hydrogen-bond acceptors (Lipinski definition) is 11. The Balaban J connectivity index is 2.32. The number of carbonyl (C=O) groups is 5. The van der Waals surface area contributed by atoms with E-state index in [1.165, 1.54) is 0 Å². The van der Waals surface area contributed by atoms with Crippen LogP contribution >= 0.6 is 15.9 Å². The first-order chi connectivity index (χ1) is 22.7. The fourth-order valence-corrected chi connectivity index (χ4v) is 5.89. The summed E-state index contributed by atoms with van der Waals surface area (Å²) in [6.45, 7) is 21.8. The maximum absolute atomic E-state index is 13.8. The van der Waals surface area contributed by atoms with Crippen molar-refractivity contribution in [1.82, 2.24) is 4.90 Å². The lowest BCUT2D eigenvalue weighted by atomic mass is 9.87. The number of hydrogen-bond donors (Lipinski definition) is 0. The van der Waals surface area contributed by atoms with Gasteiger partial charge in [-0.15, -0.1) is 0 Å². The number of nitrogens with zero attached hydrogens (tertiary/aromatic N) is 1. The van der Waals surface area contributed by atoms with Crippen molar-refractivity contribution in [2.45, 2.75) is 144 Å². The smallest absolute Gasteiger partial charge is 0.311 e. The highest BCUT2D eigenvalue weighted by Crippen LogP contribution is 2.43. The number of esters is 4. The summed E-state index contributed by atoms with van der Waals surface area (Å²) < 4.78 is 31.2. The molecule has 0 bridgehead atoms. The van der Waals surface area contributed by atoms with E-state index in [4.69, 9.17) is 23.7 Å². The molecule has 0 saturated carbocycles. The molecule has 0 unspecified atom stereocenters. The molecule has 0 N–H and O–H groups in total. The quantitative estimate of drug-likeness (QED) is 0.175. The lowest BCUT2D eigenvalue weighted by Gasteiger charge is -2.53. The number of alkyl halides is 1. The molecule has 2 heterocycles. The van der Waals surface area contributed by atoms with E-state index in [2.05, 4.69) is 15.9 Å². The van der Waals surface area contributed by atoms with Gasteiger partial charge in [0, 0.05) is 18.5 Å². The van der Waals surface area contributed by atoms with E-state index in [9.17, 15) is 24.0 Å². The average molecular weight is 767 g/mol. The van der Waals surface area contributed by atoms with Crippen molar-refractivity contribution >= 4 is 45.6 Å². The molecule has 11 nitrogen and oxygen atoms in total. The summed E-state index contributed by atoms with van der Waals surface area (Å²) in [6, 6.07) is 8.35. The zero-order valence-electron chi connectivity index (χ0n) is 31.8. The van der Waals surface area contributed by atoms with Gasteiger partial charge in [-0.25, -0.2) is 0 Å². The second-order valence-electron chi connectivity index (χ2n) is 17.5. The number of benzene rings is 1. The van der Waals surface area contributed by atoms with E-state index in [0.717, 1.165) is 5.56 Å². The Labute approximate surface area is 305 Å². The van der Waals surface area contributed by atoms with E-state index >= 15 is 0 Å². The van der Waals surface area contributed by atoms with Gasteiger partial charge in [0.2, 0.25) is 0 Å². The van der Waals surface area contributed by atoms with Crippen LogP contribution in [0.5, 0.6) is 0 Å². The Morgan fingerprint density at radius 3 is 1.62 bits per heavy atom. The Kier molecular flexibility index (Phi) is 12.8. The first-order valence-corrected chi connectivity index (χ1v) is 18.1. The largest absolute Gasteiger partial charge is 0.462 e. The molecule has 12 heteroatoms. The summed E-state index contributed by atoms with van der Waals surface area (Å²) >= 11 is 3.58. The standard InChI is InChI=1S/C38H56BrNO10/c1-21-26(39)24(41)19-23(22-17-15-14-16-18-22)40(21)30-29(50-34(45)38(11,12)13)28(49-33(44)37(8,9)10)27(48-32(43)36(5,6)7)25(47-30)20-46-31(42)35(2,3)4/h14-18,21,23,25-30H,19-20H2,1-13H3/t21-,23-,25+,26-,27-,28-,29+,30+/m0/s1. The summed E-state index contributed by atoms with van der Waals surface area (Å²) in [5, 5.41) is 0. The van der Waals surface area contributed by atoms with Crippen LogP contribution in [0, 0.1) is 21.7 Å². The van der Waals surface area contributed by atoms with Crippen molar-refractivity contribution in [1.29, 1.82) is 0 Å². The second kappa shape index (κ2) is 15.4. The van der Waals surface area contributed by atoms with E-state index in [-0.39, 0.29) is 18.8 Å². The first kappa shape index (κ1) is 41.6. The summed E-state index contributed by atoms with van der Waals surface area (Å²) in [6.07, 6.45) is -6.33. The number of Topliss-reactive ketones (excluding diaryl/α,β-unsaturated/α-hetero) is 1. The predicted octanol–water partition coefficient (Wildman–Crippen LogP) is 6.34. The summed E-state index contributed by atoms with van der Waals surface area (Å²) in [4.78, 5) is 68.8. The highest BCUT2D eigenvalue weighted by molar-refractivity contribution is 9.10. The van der Waals surface area contributed by atoms with E-state index < -0.39 is 93.1 Å². The van der Waals surface area contributed by atoms with E-state index in [0.29, 0.717) is 0 Å². The van der Waals surface area contributed by atoms with Crippen LogP contribution in [0.25, 0.3) is 0 Å². The van der Waals surface area contributed by atoms with Gasteiger partial charge < -0.3 is 23.7 Å². The van der Waals surface area contributed by atoms with E-state index in [1.807, 2.05) is 42.2 Å². The third kappa shape index (κ3) is 9.94. The fourth-order valence-electron chi connectivity index (χ4n) is 5.43. The highest BCUT2D eigenvalue weighted by atomic mass is 79.9. The summed E-state index contributed by atoms with van der Waals surface area (Å²) in [5.41, 5.74) is -3.02. The second-order valence-corrected chi connectivity index (χ2v) is 18.4. The van der Waals surface area contributed by atoms with Crippen molar-refractivity contribution in [3.63, 3.8) is 0 Å². The predicted molar refractivity (Wildman–Crippen MR) is 190 cm³/mol. The van der Waals surface area contributed by atoms with Gasteiger partial charge in [0.25, 0.3) is 0 Å². The molecule has 2 aliphatic heterocycles. The van der Waals surface area contributed by atoms with Crippen molar-refractivity contribution in [3.05, 3.63) is 35.9 Å². The van der Waals surface area contributed by atoms with Crippen LogP contribution in [-0.2, 0) is 47.7 Å². The third-order valence-corrected chi connectivity index (χ3v) is 9.88. The number of likely N-dealkylation sites (tertiary alicyclic amines) is 1. The van der Waals surface area contributed by atoms with Gasteiger partial charge in [0.15, 0.2) is 24.5 Å². The third-order valence-electron chi connectivity index (χ3n) is 8.60.